The molecule has 1 aliphatic heterocycles. The molecule has 0 radical (unpaired) electrons. The standard InChI is InChI=1S/C37H29BrCl2N2O5S/c1-3-45-26-14-12-25(13-15-26)34-32(36(44)46-4-2)33(24-8-6-5-7-9-24)41-37-42(34)35(43)31(48-37)20-22-11-17-30(27(38)18-22)47-21-23-10-16-28(39)29(40)19-23/h5-20,34H,3-4,21H2,1-2H3/b31-20-/t34-/m0/s1. The van der Waals surface area contributed by atoms with Gasteiger partial charge in [0.15, 0.2) is 4.80 Å². The third-order valence-electron chi connectivity index (χ3n) is 7.51. The molecule has 0 fully saturated rings. The van der Waals surface area contributed by atoms with Crippen molar-refractivity contribution in [2.75, 3.05) is 13.2 Å². The average molecular weight is 765 g/mol. The van der Waals surface area contributed by atoms with Crippen molar-refractivity contribution in [2.24, 2.45) is 4.99 Å². The highest BCUT2D eigenvalue weighted by molar-refractivity contribution is 9.10. The van der Waals surface area contributed by atoms with Crippen molar-refractivity contribution >= 4 is 68.2 Å². The molecular weight excluding hydrogens is 735 g/mol. The Morgan fingerprint density at radius 3 is 2.40 bits per heavy atom. The smallest absolute Gasteiger partial charge is 0.338 e. The number of esters is 1. The van der Waals surface area contributed by atoms with Crippen LogP contribution in [-0.2, 0) is 16.1 Å². The van der Waals surface area contributed by atoms with Gasteiger partial charge in [-0.3, -0.25) is 9.36 Å². The van der Waals surface area contributed by atoms with Gasteiger partial charge in [0.1, 0.15) is 18.1 Å². The predicted octanol–water partition coefficient (Wildman–Crippen LogP) is 7.98. The summed E-state index contributed by atoms with van der Waals surface area (Å²) in [6, 6.07) is 27.0. The molecule has 0 unspecified atom stereocenters. The maximum Gasteiger partial charge on any atom is 0.338 e. The minimum atomic E-state index is -0.780. The first-order chi connectivity index (χ1) is 23.3. The lowest BCUT2D eigenvalue weighted by molar-refractivity contribution is -0.138. The second-order valence-corrected chi connectivity index (χ2v) is 13.3. The fourth-order valence-electron chi connectivity index (χ4n) is 5.33. The van der Waals surface area contributed by atoms with Gasteiger partial charge in [-0.25, -0.2) is 9.79 Å². The average Bonchev–Trinajstić information content (AvgIpc) is 3.40. The van der Waals surface area contributed by atoms with Crippen molar-refractivity contribution in [1.82, 2.24) is 4.57 Å². The third kappa shape index (κ3) is 7.15. The van der Waals surface area contributed by atoms with Gasteiger partial charge in [0.2, 0.25) is 0 Å². The Labute approximate surface area is 299 Å². The summed E-state index contributed by atoms with van der Waals surface area (Å²) in [6.07, 6.45) is 1.81. The summed E-state index contributed by atoms with van der Waals surface area (Å²) in [5.74, 6) is 0.781. The van der Waals surface area contributed by atoms with Crippen LogP contribution in [0.5, 0.6) is 11.5 Å². The van der Waals surface area contributed by atoms with Gasteiger partial charge in [0.25, 0.3) is 5.56 Å². The fraction of sp³-hybridized carbons (Fsp3) is 0.162. The summed E-state index contributed by atoms with van der Waals surface area (Å²) in [7, 11) is 0. The number of nitrogens with zero attached hydrogens (tertiary/aromatic N) is 2. The SMILES string of the molecule is CCOC(=O)C1=C(c2ccccc2)N=c2s/c(=C\c3ccc(OCc4ccc(Cl)c(Cl)c4)c(Br)c3)c(=O)n2[C@H]1c1ccc(OCC)cc1. The van der Waals surface area contributed by atoms with E-state index in [0.717, 1.165) is 22.3 Å². The van der Waals surface area contributed by atoms with E-state index in [1.165, 1.54) is 11.3 Å². The normalized spacial score (nSPS) is 14.4. The maximum absolute atomic E-state index is 14.2. The van der Waals surface area contributed by atoms with Crippen LogP contribution in [0.4, 0.5) is 0 Å². The number of aromatic nitrogens is 1. The number of ether oxygens (including phenoxy) is 3. The molecule has 0 N–H and O–H groups in total. The number of carbonyl (C=O) groups is 1. The van der Waals surface area contributed by atoms with Gasteiger partial charge in [0, 0.05) is 5.56 Å². The van der Waals surface area contributed by atoms with E-state index < -0.39 is 12.0 Å². The summed E-state index contributed by atoms with van der Waals surface area (Å²) in [4.78, 5) is 33.3. The van der Waals surface area contributed by atoms with Crippen LogP contribution >= 0.6 is 50.5 Å². The van der Waals surface area contributed by atoms with E-state index in [0.29, 0.717) is 54.3 Å². The van der Waals surface area contributed by atoms with Gasteiger partial charge in [-0.15, -0.1) is 0 Å². The van der Waals surface area contributed by atoms with E-state index >= 15 is 0 Å². The second-order valence-electron chi connectivity index (χ2n) is 10.7. The molecule has 0 saturated carbocycles. The van der Waals surface area contributed by atoms with Crippen LogP contribution in [0.15, 0.2) is 111 Å². The molecule has 2 heterocycles. The molecule has 0 aliphatic carbocycles. The number of fused-ring (bicyclic) bond motifs is 1. The van der Waals surface area contributed by atoms with Crippen LogP contribution in [0.25, 0.3) is 11.8 Å². The first kappa shape index (κ1) is 33.7. The number of carbonyl (C=O) groups excluding carboxylic acids is 1. The van der Waals surface area contributed by atoms with Gasteiger partial charge >= 0.3 is 5.97 Å². The van der Waals surface area contributed by atoms with Crippen LogP contribution in [0, 0.1) is 0 Å². The van der Waals surface area contributed by atoms with Crippen molar-refractivity contribution in [1.29, 1.82) is 0 Å². The molecule has 0 bridgehead atoms. The van der Waals surface area contributed by atoms with Crippen LogP contribution in [-0.4, -0.2) is 23.8 Å². The van der Waals surface area contributed by atoms with Gasteiger partial charge < -0.3 is 14.2 Å². The lowest BCUT2D eigenvalue weighted by Crippen LogP contribution is -2.40. The van der Waals surface area contributed by atoms with Gasteiger partial charge in [-0.2, -0.15) is 0 Å². The molecule has 0 saturated heterocycles. The Bertz CT molecular complexity index is 2200. The van der Waals surface area contributed by atoms with Crippen LogP contribution < -0.4 is 24.4 Å². The van der Waals surface area contributed by atoms with Crippen molar-refractivity contribution in [2.45, 2.75) is 26.5 Å². The molecular formula is C37H29BrCl2N2O5S. The van der Waals surface area contributed by atoms with Crippen LogP contribution in [0.1, 0.15) is 42.1 Å². The highest BCUT2D eigenvalue weighted by Gasteiger charge is 2.35. The molecule has 0 amide bonds. The van der Waals surface area contributed by atoms with Gasteiger partial charge in [-0.1, -0.05) is 89.1 Å². The zero-order chi connectivity index (χ0) is 33.8. The monoisotopic (exact) mass is 762 g/mol. The molecule has 1 aromatic heterocycles. The van der Waals surface area contributed by atoms with E-state index in [1.807, 2.05) is 91.9 Å². The number of rotatable bonds is 10. The van der Waals surface area contributed by atoms with Crippen molar-refractivity contribution in [3.63, 3.8) is 0 Å². The Morgan fingerprint density at radius 2 is 1.71 bits per heavy atom. The van der Waals surface area contributed by atoms with Crippen molar-refractivity contribution in [3.05, 3.63) is 153 Å². The quantitative estimate of drug-likeness (QED) is 0.135. The molecule has 4 aromatic carbocycles. The Hall–Kier alpha value is -4.15. The molecule has 11 heteroatoms. The summed E-state index contributed by atoms with van der Waals surface area (Å²) in [6.45, 7) is 4.65. The minimum Gasteiger partial charge on any atom is -0.494 e. The molecule has 5 aromatic rings. The molecule has 48 heavy (non-hydrogen) atoms. The Morgan fingerprint density at radius 1 is 0.938 bits per heavy atom. The maximum atomic E-state index is 14.2. The lowest BCUT2D eigenvalue weighted by Gasteiger charge is -2.26. The molecule has 0 spiro atoms. The third-order valence-corrected chi connectivity index (χ3v) is 9.85. The summed E-state index contributed by atoms with van der Waals surface area (Å²) < 4.78 is 20.0. The number of halogens is 3. The van der Waals surface area contributed by atoms with E-state index in [4.69, 9.17) is 42.4 Å². The molecule has 244 valence electrons. The number of hydrogen-bond acceptors (Lipinski definition) is 7. The lowest BCUT2D eigenvalue weighted by atomic mass is 9.93. The van der Waals surface area contributed by atoms with E-state index in [1.54, 1.807) is 23.6 Å². The fourth-order valence-corrected chi connectivity index (χ4v) is 7.17. The first-order valence-corrected chi connectivity index (χ1v) is 17.5. The topological polar surface area (TPSA) is 79.1 Å². The Balaban J connectivity index is 1.44. The van der Waals surface area contributed by atoms with E-state index in [-0.39, 0.29) is 17.7 Å². The molecule has 1 atom stereocenters. The van der Waals surface area contributed by atoms with Crippen molar-refractivity contribution in [3.8, 4) is 11.5 Å². The number of benzene rings is 4. The highest BCUT2D eigenvalue weighted by atomic mass is 79.9. The van der Waals surface area contributed by atoms with Crippen LogP contribution in [0.2, 0.25) is 10.0 Å². The summed E-state index contributed by atoms with van der Waals surface area (Å²) in [5, 5.41) is 0.944. The first-order valence-electron chi connectivity index (χ1n) is 15.1. The number of hydrogen-bond donors (Lipinski definition) is 0. The number of thiazole rings is 1. The largest absolute Gasteiger partial charge is 0.494 e. The highest BCUT2D eigenvalue weighted by Crippen LogP contribution is 2.36. The van der Waals surface area contributed by atoms with Gasteiger partial charge in [0.05, 0.1) is 49.6 Å². The summed E-state index contributed by atoms with van der Waals surface area (Å²) in [5.41, 5.74) is 3.60. The van der Waals surface area contributed by atoms with Gasteiger partial charge in [-0.05, 0) is 88.9 Å². The van der Waals surface area contributed by atoms with E-state index in [2.05, 4.69) is 15.9 Å². The summed E-state index contributed by atoms with van der Waals surface area (Å²) >= 11 is 17.0. The zero-order valence-corrected chi connectivity index (χ0v) is 29.8. The second kappa shape index (κ2) is 15.0. The molecule has 7 nitrogen and oxygen atoms in total. The van der Waals surface area contributed by atoms with Crippen molar-refractivity contribution < 1.29 is 19.0 Å². The zero-order valence-electron chi connectivity index (χ0n) is 25.9. The molecule has 6 rings (SSSR count). The predicted molar refractivity (Wildman–Crippen MR) is 194 cm³/mol. The van der Waals surface area contributed by atoms with E-state index in [9.17, 15) is 9.59 Å². The minimum absolute atomic E-state index is 0.173. The Kier molecular flexibility index (Phi) is 10.5. The molecule has 1 aliphatic rings. The van der Waals surface area contributed by atoms with Crippen LogP contribution in [0.3, 0.4) is 0 Å².